The van der Waals surface area contributed by atoms with E-state index in [0.717, 1.165) is 11.1 Å². The number of amides is 1. The molecule has 1 aliphatic heterocycles. The molecule has 0 saturated carbocycles. The maximum Gasteiger partial charge on any atom is 0.225 e. The van der Waals surface area contributed by atoms with Gasteiger partial charge in [0.15, 0.2) is 17.3 Å². The lowest BCUT2D eigenvalue weighted by molar-refractivity contribution is -0.122. The van der Waals surface area contributed by atoms with Crippen molar-refractivity contribution >= 4 is 11.7 Å². The van der Waals surface area contributed by atoms with Crippen molar-refractivity contribution in [2.45, 2.75) is 31.1 Å². The number of carbonyl (C=O) groups is 2. The highest BCUT2D eigenvalue weighted by molar-refractivity contribution is 6.02. The molecule has 6 nitrogen and oxygen atoms in total. The van der Waals surface area contributed by atoms with Gasteiger partial charge < -0.3 is 19.9 Å². The number of Topliss-reactive ketones (excluding diaryl/α,β-unsaturated/α-hetero) is 1. The first-order chi connectivity index (χ1) is 14.0. The Morgan fingerprint density at radius 1 is 0.931 bits per heavy atom. The van der Waals surface area contributed by atoms with Crippen LogP contribution in [0, 0.1) is 0 Å². The number of hydrogen-bond acceptors (Lipinski definition) is 5. The Bertz CT molecular complexity index is 1010. The van der Waals surface area contributed by atoms with E-state index in [4.69, 9.17) is 9.47 Å². The minimum atomic E-state index is -0.329. The average molecular weight is 393 g/mol. The highest BCUT2D eigenvalue weighted by Gasteiger charge is 2.38. The third kappa shape index (κ3) is 3.58. The van der Waals surface area contributed by atoms with Crippen molar-refractivity contribution in [2.75, 3.05) is 14.2 Å². The minimum Gasteiger partial charge on any atom is -0.508 e. The quantitative estimate of drug-likeness (QED) is 0.832. The number of methoxy groups -OCH3 is 2. The van der Waals surface area contributed by atoms with Gasteiger partial charge in [-0.15, -0.1) is 0 Å². The highest BCUT2D eigenvalue weighted by atomic mass is 16.5. The third-order valence-corrected chi connectivity index (χ3v) is 5.69. The van der Waals surface area contributed by atoms with Crippen molar-refractivity contribution in [2.24, 2.45) is 0 Å². The Morgan fingerprint density at radius 2 is 1.72 bits per heavy atom. The summed E-state index contributed by atoms with van der Waals surface area (Å²) in [4.78, 5) is 25.5. The number of carbonyl (C=O) groups excluding carboxylic acids is 2. The molecule has 0 bridgehead atoms. The molecule has 0 saturated heterocycles. The summed E-state index contributed by atoms with van der Waals surface area (Å²) in [6.45, 7) is 0. The Morgan fingerprint density at radius 3 is 2.45 bits per heavy atom. The first kappa shape index (κ1) is 19.1. The summed E-state index contributed by atoms with van der Waals surface area (Å²) in [7, 11) is 3.16. The molecule has 2 N–H and O–H groups in total. The maximum absolute atomic E-state index is 13.1. The van der Waals surface area contributed by atoms with Gasteiger partial charge in [0.25, 0.3) is 0 Å². The number of aromatic hydroxyl groups is 1. The zero-order valence-electron chi connectivity index (χ0n) is 16.4. The molecule has 150 valence electrons. The molecule has 1 aliphatic carbocycles. The fourth-order valence-electron chi connectivity index (χ4n) is 4.33. The normalized spacial score (nSPS) is 21.4. The van der Waals surface area contributed by atoms with Crippen LogP contribution in [0.4, 0.5) is 0 Å². The third-order valence-electron chi connectivity index (χ3n) is 5.69. The molecule has 2 aliphatic rings. The molecule has 0 aromatic heterocycles. The largest absolute Gasteiger partial charge is 0.508 e. The van der Waals surface area contributed by atoms with E-state index in [-0.39, 0.29) is 35.7 Å². The molecule has 2 atom stereocenters. The van der Waals surface area contributed by atoms with E-state index in [1.807, 2.05) is 24.3 Å². The van der Waals surface area contributed by atoms with E-state index in [1.165, 1.54) is 0 Å². The fraction of sp³-hybridized carbons (Fsp3) is 0.304. The van der Waals surface area contributed by atoms with Crippen LogP contribution in [-0.2, 0) is 9.59 Å². The molecule has 4 rings (SSSR count). The number of phenolic OH excluding ortho intramolecular Hbond substituents is 1. The van der Waals surface area contributed by atoms with Crippen LogP contribution in [0.5, 0.6) is 17.2 Å². The van der Waals surface area contributed by atoms with Gasteiger partial charge in [0, 0.05) is 30.0 Å². The van der Waals surface area contributed by atoms with E-state index < -0.39 is 0 Å². The number of benzene rings is 2. The fourth-order valence-corrected chi connectivity index (χ4v) is 4.33. The first-order valence-corrected chi connectivity index (χ1v) is 9.57. The highest BCUT2D eigenvalue weighted by Crippen LogP contribution is 2.44. The molecular weight excluding hydrogens is 370 g/mol. The lowest BCUT2D eigenvalue weighted by atomic mass is 9.73. The Labute approximate surface area is 169 Å². The standard InChI is InChI=1S/C23H23NO5/c1-28-20-7-6-13(11-21(20)29-2)15-9-18-23(19(26)10-15)17(12-22(27)24-18)14-4-3-5-16(25)8-14/h3-8,11,15,17,25H,9-10,12H2,1-2H3,(H,24,27)/t15-,17+/m1/s1. The van der Waals surface area contributed by atoms with Gasteiger partial charge in [0.2, 0.25) is 5.91 Å². The van der Waals surface area contributed by atoms with E-state index >= 15 is 0 Å². The van der Waals surface area contributed by atoms with Gasteiger partial charge in [0.1, 0.15) is 5.75 Å². The van der Waals surface area contributed by atoms with Gasteiger partial charge in [-0.3, -0.25) is 9.59 Å². The van der Waals surface area contributed by atoms with E-state index in [1.54, 1.807) is 32.4 Å². The zero-order valence-corrected chi connectivity index (χ0v) is 16.4. The molecule has 0 spiro atoms. The van der Waals surface area contributed by atoms with Gasteiger partial charge in [0.05, 0.1) is 14.2 Å². The van der Waals surface area contributed by atoms with Crippen LogP contribution in [-0.4, -0.2) is 31.0 Å². The summed E-state index contributed by atoms with van der Waals surface area (Å²) in [5, 5.41) is 12.7. The Balaban J connectivity index is 1.70. The number of rotatable bonds is 4. The smallest absolute Gasteiger partial charge is 0.225 e. The van der Waals surface area contributed by atoms with Gasteiger partial charge in [-0.05, 0) is 47.7 Å². The topological polar surface area (TPSA) is 84.9 Å². The van der Waals surface area contributed by atoms with E-state index in [2.05, 4.69) is 5.32 Å². The molecule has 1 amide bonds. The Kier molecular flexibility index (Phi) is 5.01. The van der Waals surface area contributed by atoms with Crippen molar-refractivity contribution in [1.82, 2.24) is 5.32 Å². The number of nitrogens with one attached hydrogen (secondary N) is 1. The van der Waals surface area contributed by atoms with E-state index in [0.29, 0.717) is 35.6 Å². The molecule has 1 heterocycles. The molecule has 0 fully saturated rings. The summed E-state index contributed by atoms with van der Waals surface area (Å²) in [5.74, 6) is 0.907. The second kappa shape index (κ2) is 7.62. The summed E-state index contributed by atoms with van der Waals surface area (Å²) >= 11 is 0. The number of allylic oxidation sites excluding steroid dienone is 2. The number of ketones is 1. The van der Waals surface area contributed by atoms with Crippen LogP contribution in [0.15, 0.2) is 53.7 Å². The maximum atomic E-state index is 13.1. The molecule has 2 aromatic carbocycles. The van der Waals surface area contributed by atoms with Crippen LogP contribution in [0.3, 0.4) is 0 Å². The molecular formula is C23H23NO5. The molecule has 0 unspecified atom stereocenters. The van der Waals surface area contributed by atoms with Crippen LogP contribution in [0.1, 0.15) is 42.2 Å². The minimum absolute atomic E-state index is 0.0272. The van der Waals surface area contributed by atoms with Crippen LogP contribution < -0.4 is 14.8 Å². The molecule has 0 radical (unpaired) electrons. The van der Waals surface area contributed by atoms with Crippen molar-refractivity contribution < 1.29 is 24.2 Å². The lowest BCUT2D eigenvalue weighted by Crippen LogP contribution is -2.38. The van der Waals surface area contributed by atoms with Crippen LogP contribution in [0.2, 0.25) is 0 Å². The Hall–Kier alpha value is -3.28. The second-order valence-electron chi connectivity index (χ2n) is 7.43. The van der Waals surface area contributed by atoms with E-state index in [9.17, 15) is 14.7 Å². The van der Waals surface area contributed by atoms with Gasteiger partial charge in [-0.2, -0.15) is 0 Å². The van der Waals surface area contributed by atoms with Gasteiger partial charge >= 0.3 is 0 Å². The van der Waals surface area contributed by atoms with Crippen molar-refractivity contribution in [1.29, 1.82) is 0 Å². The summed E-state index contributed by atoms with van der Waals surface area (Å²) < 4.78 is 10.7. The SMILES string of the molecule is COc1ccc([C@H]2CC(=O)C3=C(C2)NC(=O)C[C@H]3c2cccc(O)c2)cc1OC. The average Bonchev–Trinajstić information content (AvgIpc) is 2.72. The van der Waals surface area contributed by atoms with Gasteiger partial charge in [-0.1, -0.05) is 18.2 Å². The van der Waals surface area contributed by atoms with Crippen LogP contribution in [0.25, 0.3) is 0 Å². The van der Waals surface area contributed by atoms with Crippen molar-refractivity contribution in [3.05, 3.63) is 64.9 Å². The number of hydrogen-bond donors (Lipinski definition) is 2. The van der Waals surface area contributed by atoms with Crippen molar-refractivity contribution in [3.8, 4) is 17.2 Å². The second-order valence-corrected chi connectivity index (χ2v) is 7.43. The number of ether oxygens (including phenoxy) is 2. The lowest BCUT2D eigenvalue weighted by Gasteiger charge is -2.34. The molecule has 6 heteroatoms. The first-order valence-electron chi connectivity index (χ1n) is 9.57. The summed E-state index contributed by atoms with van der Waals surface area (Å²) in [6, 6.07) is 12.4. The monoisotopic (exact) mass is 393 g/mol. The zero-order chi connectivity index (χ0) is 20.5. The van der Waals surface area contributed by atoms with Crippen LogP contribution >= 0.6 is 0 Å². The predicted molar refractivity (Wildman–Crippen MR) is 107 cm³/mol. The van der Waals surface area contributed by atoms with Crippen molar-refractivity contribution in [3.63, 3.8) is 0 Å². The molecule has 2 aromatic rings. The predicted octanol–water partition coefficient (Wildman–Crippen LogP) is 3.41. The number of phenols is 1. The molecule has 29 heavy (non-hydrogen) atoms. The summed E-state index contributed by atoms with van der Waals surface area (Å²) in [6.07, 6.45) is 1.13. The van der Waals surface area contributed by atoms with Gasteiger partial charge in [-0.25, -0.2) is 0 Å². The summed E-state index contributed by atoms with van der Waals surface area (Å²) in [5.41, 5.74) is 3.10.